The average Bonchev–Trinajstić information content (AvgIpc) is 3.28. The molecule has 0 saturated heterocycles. The number of anilines is 2. The van der Waals surface area contributed by atoms with Crippen molar-refractivity contribution in [2.24, 2.45) is 5.41 Å². The largest absolute Gasteiger partial charge is 0.397 e. The first kappa shape index (κ1) is 33.4. The van der Waals surface area contributed by atoms with Crippen LogP contribution in [0.4, 0.5) is 11.4 Å². The highest BCUT2D eigenvalue weighted by atomic mass is 32.2. The van der Waals surface area contributed by atoms with Crippen LogP contribution in [-0.4, -0.2) is 27.5 Å². The fourth-order valence-electron chi connectivity index (χ4n) is 5.80. The minimum absolute atomic E-state index is 0.107. The molecule has 0 fully saturated rings. The zero-order chi connectivity index (χ0) is 32.0. The summed E-state index contributed by atoms with van der Waals surface area (Å²) in [5.74, 6) is -0.384. The molecule has 1 aliphatic heterocycles. The van der Waals surface area contributed by atoms with Crippen LogP contribution in [0, 0.1) is 19.3 Å². The van der Waals surface area contributed by atoms with Crippen molar-refractivity contribution in [1.29, 1.82) is 0 Å². The number of aryl methyl sites for hydroxylation is 2. The summed E-state index contributed by atoms with van der Waals surface area (Å²) < 4.78 is 15.8. The average molecular weight is 631 g/mol. The maximum Gasteiger partial charge on any atom is 0.231 e. The van der Waals surface area contributed by atoms with Crippen LogP contribution in [0.2, 0.25) is 0 Å². The van der Waals surface area contributed by atoms with Gasteiger partial charge in [-0.25, -0.2) is 8.51 Å². The SMILES string of the molecule is C=C/C(=C\C=C/C)NC(=O)C(C)(C)C(c1cc(CN2CCCc3ccccc3S2=O)c(C)s1)c1ccc(NCC)c(N)c1C. The van der Waals surface area contributed by atoms with E-state index in [1.165, 1.54) is 5.56 Å². The van der Waals surface area contributed by atoms with Gasteiger partial charge in [-0.1, -0.05) is 56.8 Å². The summed E-state index contributed by atoms with van der Waals surface area (Å²) in [6.07, 6.45) is 9.18. The lowest BCUT2D eigenvalue weighted by molar-refractivity contribution is -0.129. The van der Waals surface area contributed by atoms with Crippen molar-refractivity contribution >= 4 is 39.6 Å². The predicted octanol–water partition coefficient (Wildman–Crippen LogP) is 7.77. The lowest BCUT2D eigenvalue weighted by Gasteiger charge is -2.34. The number of carbonyl (C=O) groups is 1. The summed E-state index contributed by atoms with van der Waals surface area (Å²) in [7, 11) is -1.23. The van der Waals surface area contributed by atoms with Gasteiger partial charge < -0.3 is 16.4 Å². The highest BCUT2D eigenvalue weighted by molar-refractivity contribution is 7.82. The number of nitrogen functional groups attached to an aromatic ring is 1. The molecule has 1 amide bonds. The first-order valence-corrected chi connectivity index (χ1v) is 17.2. The van der Waals surface area contributed by atoms with Crippen LogP contribution in [0.3, 0.4) is 0 Å². The molecule has 8 heteroatoms. The van der Waals surface area contributed by atoms with Crippen LogP contribution < -0.4 is 16.4 Å². The lowest BCUT2D eigenvalue weighted by atomic mass is 9.71. The predicted molar refractivity (Wildman–Crippen MR) is 187 cm³/mol. The molecule has 0 spiro atoms. The van der Waals surface area contributed by atoms with Crippen molar-refractivity contribution in [3.05, 3.63) is 111 Å². The van der Waals surface area contributed by atoms with Gasteiger partial charge in [0.05, 0.1) is 21.7 Å². The standard InChI is InChI=1S/C36H46N4O2S2/c1-8-11-17-28(9-2)39-35(41)36(6,7)33(29-19-20-30(38-10-3)34(37)24(29)4)31-22-27(25(5)43-31)23-40-21-14-16-26-15-12-13-18-32(26)44(40)42/h8-9,11-13,15,17-20,22,33,38H,2,10,14,16,21,23,37H2,1,3-7H3,(H,39,41)/b11-8-,28-17+. The molecule has 1 aromatic heterocycles. The van der Waals surface area contributed by atoms with E-state index in [0.29, 0.717) is 17.9 Å². The zero-order valence-corrected chi connectivity index (χ0v) is 28.5. The Kier molecular flexibility index (Phi) is 11.1. The van der Waals surface area contributed by atoms with E-state index in [0.717, 1.165) is 63.0 Å². The molecule has 2 heterocycles. The van der Waals surface area contributed by atoms with Gasteiger partial charge in [0.15, 0.2) is 0 Å². The molecule has 0 aliphatic carbocycles. The molecule has 6 nitrogen and oxygen atoms in total. The second kappa shape index (κ2) is 14.5. The maximum absolute atomic E-state index is 14.0. The Balaban J connectivity index is 1.77. The van der Waals surface area contributed by atoms with E-state index in [1.807, 2.05) is 77.1 Å². The summed E-state index contributed by atoms with van der Waals surface area (Å²) in [5, 5.41) is 6.45. The molecule has 2 aromatic carbocycles. The van der Waals surface area contributed by atoms with Crippen LogP contribution >= 0.6 is 11.3 Å². The number of amides is 1. The monoisotopic (exact) mass is 630 g/mol. The van der Waals surface area contributed by atoms with Crippen LogP contribution in [0.1, 0.15) is 72.0 Å². The van der Waals surface area contributed by atoms with E-state index in [9.17, 15) is 9.00 Å². The normalized spacial score (nSPS) is 16.8. The molecule has 0 radical (unpaired) electrons. The number of allylic oxidation sites excluding steroid dienone is 4. The highest BCUT2D eigenvalue weighted by Crippen LogP contribution is 2.47. The molecule has 4 N–H and O–H groups in total. The van der Waals surface area contributed by atoms with Gasteiger partial charge in [-0.15, -0.1) is 11.3 Å². The van der Waals surface area contributed by atoms with Gasteiger partial charge in [0, 0.05) is 41.0 Å². The Bertz CT molecular complexity index is 1600. The molecular weight excluding hydrogens is 585 g/mol. The second-order valence-electron chi connectivity index (χ2n) is 11.8. The van der Waals surface area contributed by atoms with Gasteiger partial charge in [-0.2, -0.15) is 0 Å². The number of rotatable bonds is 11. The zero-order valence-electron chi connectivity index (χ0n) is 26.8. The first-order chi connectivity index (χ1) is 21.0. The van der Waals surface area contributed by atoms with Gasteiger partial charge in [-0.3, -0.25) is 4.79 Å². The molecule has 44 heavy (non-hydrogen) atoms. The van der Waals surface area contributed by atoms with Crippen molar-refractivity contribution in [2.75, 3.05) is 24.1 Å². The number of hydrogen-bond donors (Lipinski definition) is 3. The molecule has 2 atom stereocenters. The number of fused-ring (bicyclic) bond motifs is 1. The summed E-state index contributed by atoms with van der Waals surface area (Å²) in [6, 6.07) is 14.4. The fourth-order valence-corrected chi connectivity index (χ4v) is 8.57. The third-order valence-electron chi connectivity index (χ3n) is 8.41. The lowest BCUT2D eigenvalue weighted by Crippen LogP contribution is -2.40. The topological polar surface area (TPSA) is 87.5 Å². The smallest absolute Gasteiger partial charge is 0.231 e. The van der Waals surface area contributed by atoms with Crippen LogP contribution in [0.25, 0.3) is 0 Å². The first-order valence-electron chi connectivity index (χ1n) is 15.3. The Morgan fingerprint density at radius 3 is 2.68 bits per heavy atom. The van der Waals surface area contributed by atoms with Crippen molar-refractivity contribution in [2.45, 2.75) is 71.7 Å². The molecule has 234 valence electrons. The Morgan fingerprint density at radius 1 is 1.23 bits per heavy atom. The van der Waals surface area contributed by atoms with Gasteiger partial charge in [-0.05, 0) is 93.1 Å². The van der Waals surface area contributed by atoms with Crippen molar-refractivity contribution in [3.63, 3.8) is 0 Å². The number of benzene rings is 2. The molecule has 4 rings (SSSR count). The molecule has 3 aromatic rings. The molecular formula is C36H46N4O2S2. The molecule has 1 aliphatic rings. The van der Waals surface area contributed by atoms with E-state index >= 15 is 0 Å². The van der Waals surface area contributed by atoms with Gasteiger partial charge in [0.1, 0.15) is 11.0 Å². The number of carbonyl (C=O) groups excluding carboxylic acids is 1. The van der Waals surface area contributed by atoms with Crippen LogP contribution in [0.5, 0.6) is 0 Å². The summed E-state index contributed by atoms with van der Waals surface area (Å²) in [5.41, 5.74) is 12.3. The Labute approximate surface area is 269 Å². The van der Waals surface area contributed by atoms with E-state index in [-0.39, 0.29) is 11.8 Å². The molecule has 2 unspecified atom stereocenters. The van der Waals surface area contributed by atoms with E-state index in [2.05, 4.69) is 46.6 Å². The third-order valence-corrected chi connectivity index (χ3v) is 11.1. The quantitative estimate of drug-likeness (QED) is 0.149. The van der Waals surface area contributed by atoms with E-state index in [4.69, 9.17) is 5.73 Å². The van der Waals surface area contributed by atoms with Crippen molar-refractivity contribution in [3.8, 4) is 0 Å². The summed E-state index contributed by atoms with van der Waals surface area (Å²) in [4.78, 5) is 17.2. The van der Waals surface area contributed by atoms with Crippen LogP contribution in [-0.2, 0) is 28.7 Å². The number of nitrogens with one attached hydrogen (secondary N) is 2. The molecule has 0 saturated carbocycles. The summed E-state index contributed by atoms with van der Waals surface area (Å²) in [6.45, 7) is 18.1. The van der Waals surface area contributed by atoms with Crippen LogP contribution in [0.15, 0.2) is 83.9 Å². The summed E-state index contributed by atoms with van der Waals surface area (Å²) >= 11 is 1.70. The second-order valence-corrected chi connectivity index (χ2v) is 14.5. The van der Waals surface area contributed by atoms with Gasteiger partial charge in [0.2, 0.25) is 5.91 Å². The minimum atomic E-state index is -1.23. The van der Waals surface area contributed by atoms with Crippen molar-refractivity contribution < 1.29 is 9.00 Å². The maximum atomic E-state index is 14.0. The number of thiophene rings is 1. The third kappa shape index (κ3) is 7.09. The van der Waals surface area contributed by atoms with E-state index in [1.54, 1.807) is 17.4 Å². The van der Waals surface area contributed by atoms with Crippen molar-refractivity contribution in [1.82, 2.24) is 9.62 Å². The fraction of sp³-hybridized carbons (Fsp3) is 0.361. The highest BCUT2D eigenvalue weighted by Gasteiger charge is 2.41. The number of hydrogen-bond acceptors (Lipinski definition) is 5. The number of nitrogens with zero attached hydrogens (tertiary/aromatic N) is 1. The molecule has 0 bridgehead atoms. The van der Waals surface area contributed by atoms with Gasteiger partial charge >= 0.3 is 0 Å². The Morgan fingerprint density at radius 2 is 1.98 bits per heavy atom. The van der Waals surface area contributed by atoms with E-state index < -0.39 is 16.4 Å². The minimum Gasteiger partial charge on any atom is -0.397 e. The van der Waals surface area contributed by atoms with Gasteiger partial charge in [0.25, 0.3) is 0 Å². The Hall–Kier alpha value is -3.46. The number of nitrogens with two attached hydrogens (primary N) is 1.